The molecule has 4 rings (SSSR count). The van der Waals surface area contributed by atoms with Crippen molar-refractivity contribution in [3.05, 3.63) is 101 Å². The number of rotatable bonds is 7. The molecule has 0 spiro atoms. The number of alkyl halides is 3. The van der Waals surface area contributed by atoms with E-state index < -0.39 is 27.9 Å². The molecule has 39 heavy (non-hydrogen) atoms. The molecule has 1 aromatic heterocycles. The van der Waals surface area contributed by atoms with Crippen LogP contribution in [-0.2, 0) is 27.4 Å². The first-order valence-electron chi connectivity index (χ1n) is 11.9. The number of nitrogens with one attached hydrogen (secondary N) is 1. The lowest BCUT2D eigenvalue weighted by atomic mass is 10.0. The maximum Gasteiger partial charge on any atom is 0.421 e. The van der Waals surface area contributed by atoms with Crippen LogP contribution >= 0.6 is 0 Å². The van der Waals surface area contributed by atoms with Crippen LogP contribution in [0.4, 0.5) is 18.0 Å². The Kier molecular flexibility index (Phi) is 7.82. The van der Waals surface area contributed by atoms with Crippen molar-refractivity contribution >= 4 is 16.1 Å². The van der Waals surface area contributed by atoms with E-state index in [1.165, 1.54) is 18.2 Å². The van der Waals surface area contributed by atoms with Crippen molar-refractivity contribution in [2.45, 2.75) is 38.3 Å². The highest BCUT2D eigenvalue weighted by molar-refractivity contribution is 7.90. The Balaban J connectivity index is 1.40. The van der Waals surface area contributed by atoms with E-state index in [9.17, 15) is 26.4 Å². The summed E-state index contributed by atoms with van der Waals surface area (Å²) < 4.78 is 72.8. The monoisotopic (exact) mass is 557 g/mol. The van der Waals surface area contributed by atoms with Gasteiger partial charge in [0.15, 0.2) is 0 Å². The number of carbonyl (C=O) groups is 1. The van der Waals surface area contributed by atoms with Crippen LogP contribution in [0.2, 0.25) is 0 Å². The molecule has 0 atom stereocenters. The molecular weight excluding hydrogens is 531 g/mol. The third-order valence-electron chi connectivity index (χ3n) is 6.12. The van der Waals surface area contributed by atoms with Crippen molar-refractivity contribution < 1.29 is 31.1 Å². The van der Waals surface area contributed by atoms with Crippen molar-refractivity contribution in [1.29, 1.82) is 0 Å². The van der Waals surface area contributed by atoms with E-state index in [1.54, 1.807) is 61.0 Å². The van der Waals surface area contributed by atoms with E-state index in [2.05, 4.69) is 5.10 Å². The van der Waals surface area contributed by atoms with E-state index in [0.29, 0.717) is 34.6 Å². The second-order valence-electron chi connectivity index (χ2n) is 9.01. The van der Waals surface area contributed by atoms with Crippen molar-refractivity contribution in [2.24, 2.45) is 0 Å². The minimum atomic E-state index is -4.44. The van der Waals surface area contributed by atoms with Gasteiger partial charge in [0.25, 0.3) is 10.0 Å². The number of aryl methyl sites for hydroxylation is 2. The van der Waals surface area contributed by atoms with Gasteiger partial charge in [-0.25, -0.2) is 22.6 Å². The van der Waals surface area contributed by atoms with E-state index in [0.717, 1.165) is 23.3 Å². The summed E-state index contributed by atoms with van der Waals surface area (Å²) in [6.45, 7) is 5.31. The predicted molar refractivity (Wildman–Crippen MR) is 140 cm³/mol. The van der Waals surface area contributed by atoms with Crippen LogP contribution < -0.4 is 4.72 Å². The lowest BCUT2D eigenvalue weighted by Gasteiger charge is -2.10. The topological polar surface area (TPSA) is 90.3 Å². The zero-order chi connectivity index (χ0) is 28.4. The highest BCUT2D eigenvalue weighted by Gasteiger charge is 2.31. The molecule has 204 valence electrons. The highest BCUT2D eigenvalue weighted by atomic mass is 32.2. The number of aromatic nitrogens is 2. The van der Waals surface area contributed by atoms with Crippen LogP contribution in [0, 0.1) is 20.8 Å². The van der Waals surface area contributed by atoms with Crippen molar-refractivity contribution in [3.8, 4) is 16.8 Å². The quantitative estimate of drug-likeness (QED) is 0.295. The fourth-order valence-corrected chi connectivity index (χ4v) is 5.03. The largest absolute Gasteiger partial charge is 0.448 e. The van der Waals surface area contributed by atoms with E-state index in [4.69, 9.17) is 4.74 Å². The fraction of sp³-hybridized carbons (Fsp3) is 0.214. The summed E-state index contributed by atoms with van der Waals surface area (Å²) in [5, 5.41) is 4.53. The van der Waals surface area contributed by atoms with E-state index in [-0.39, 0.29) is 11.5 Å². The van der Waals surface area contributed by atoms with Gasteiger partial charge in [-0.3, -0.25) is 0 Å². The molecule has 1 N–H and O–H groups in total. The first-order chi connectivity index (χ1) is 18.3. The summed E-state index contributed by atoms with van der Waals surface area (Å²) in [6, 6.07) is 18.4. The van der Waals surface area contributed by atoms with Crippen LogP contribution in [0.25, 0.3) is 16.8 Å². The van der Waals surface area contributed by atoms with Crippen LogP contribution in [0.1, 0.15) is 28.1 Å². The second kappa shape index (κ2) is 10.9. The summed E-state index contributed by atoms with van der Waals surface area (Å²) in [7, 11) is -4.03. The summed E-state index contributed by atoms with van der Waals surface area (Å²) in [6.07, 6.45) is -5.18. The molecule has 3 aromatic carbocycles. The van der Waals surface area contributed by atoms with Crippen LogP contribution in [0.3, 0.4) is 0 Å². The molecule has 1 amide bonds. The van der Waals surface area contributed by atoms with Gasteiger partial charge in [-0.1, -0.05) is 42.0 Å². The van der Waals surface area contributed by atoms with Gasteiger partial charge < -0.3 is 4.74 Å². The maximum absolute atomic E-state index is 13.2. The van der Waals surface area contributed by atoms with Crippen LogP contribution in [-0.4, -0.2) is 30.9 Å². The van der Waals surface area contributed by atoms with Gasteiger partial charge >= 0.3 is 12.3 Å². The Morgan fingerprint density at radius 2 is 1.64 bits per heavy atom. The lowest BCUT2D eigenvalue weighted by Crippen LogP contribution is -2.31. The van der Waals surface area contributed by atoms with Gasteiger partial charge in [0, 0.05) is 17.7 Å². The van der Waals surface area contributed by atoms with Crippen LogP contribution in [0.15, 0.2) is 77.7 Å². The van der Waals surface area contributed by atoms with Gasteiger partial charge in [-0.15, -0.1) is 0 Å². The maximum atomic E-state index is 13.2. The average Bonchev–Trinajstić information content (AvgIpc) is 3.17. The molecule has 0 radical (unpaired) electrons. The van der Waals surface area contributed by atoms with E-state index >= 15 is 0 Å². The van der Waals surface area contributed by atoms with Gasteiger partial charge in [-0.2, -0.15) is 18.3 Å². The van der Waals surface area contributed by atoms with Crippen molar-refractivity contribution in [1.82, 2.24) is 14.5 Å². The number of benzene rings is 3. The van der Waals surface area contributed by atoms with Crippen molar-refractivity contribution in [2.75, 3.05) is 6.61 Å². The molecule has 0 bridgehead atoms. The first-order valence-corrected chi connectivity index (χ1v) is 13.4. The number of carbonyl (C=O) groups excluding carboxylic acids is 1. The molecular formula is C28H26F3N3O4S. The molecule has 7 nitrogen and oxygen atoms in total. The normalized spacial score (nSPS) is 11.8. The summed E-state index contributed by atoms with van der Waals surface area (Å²) in [5.74, 6) is 0. The second-order valence-corrected chi connectivity index (χ2v) is 10.7. The average molecular weight is 558 g/mol. The third-order valence-corrected chi connectivity index (χ3v) is 7.45. The van der Waals surface area contributed by atoms with Gasteiger partial charge in [0.1, 0.15) is 0 Å². The van der Waals surface area contributed by atoms with Crippen LogP contribution in [0.5, 0.6) is 0 Å². The van der Waals surface area contributed by atoms with Gasteiger partial charge in [0.05, 0.1) is 28.4 Å². The number of amides is 1. The Hall–Kier alpha value is -4.12. The Bertz CT molecular complexity index is 1590. The SMILES string of the molecule is Cc1ccc(S(=O)(=O)NC(=O)OCCc2ccc(-n3nc(C)c(-c4cccc(C(F)(F)F)c4)c3C)cc2)cc1. The number of hydrogen-bond acceptors (Lipinski definition) is 5. The Morgan fingerprint density at radius 1 is 0.974 bits per heavy atom. The molecule has 1 heterocycles. The van der Waals surface area contributed by atoms with Crippen molar-refractivity contribution in [3.63, 3.8) is 0 Å². The molecule has 0 unspecified atom stereocenters. The molecule has 0 fully saturated rings. The third kappa shape index (κ3) is 6.48. The first kappa shape index (κ1) is 27.9. The lowest BCUT2D eigenvalue weighted by molar-refractivity contribution is -0.137. The highest BCUT2D eigenvalue weighted by Crippen LogP contribution is 2.34. The number of sulfonamides is 1. The molecule has 0 aliphatic heterocycles. The summed E-state index contributed by atoms with van der Waals surface area (Å²) in [5.41, 5.74) is 4.04. The Morgan fingerprint density at radius 3 is 2.28 bits per heavy atom. The number of ether oxygens (including phenoxy) is 1. The number of nitrogens with zero attached hydrogens (tertiary/aromatic N) is 2. The Labute approximate surface area is 224 Å². The summed E-state index contributed by atoms with van der Waals surface area (Å²) in [4.78, 5) is 12.0. The minimum Gasteiger partial charge on any atom is -0.448 e. The zero-order valence-corrected chi connectivity index (χ0v) is 22.2. The predicted octanol–water partition coefficient (Wildman–Crippen LogP) is 6.14. The van der Waals surface area contributed by atoms with Gasteiger partial charge in [-0.05, 0) is 68.3 Å². The van der Waals surface area contributed by atoms with E-state index in [1.807, 2.05) is 11.6 Å². The molecule has 4 aromatic rings. The summed E-state index contributed by atoms with van der Waals surface area (Å²) >= 11 is 0. The molecule has 0 saturated carbocycles. The van der Waals surface area contributed by atoms with Gasteiger partial charge in [0.2, 0.25) is 0 Å². The standard InChI is InChI=1S/C28H26F3N3O4S/c1-18-7-13-25(14-8-18)39(36,37)33-27(35)38-16-15-21-9-11-24(12-10-21)34-20(3)26(19(2)32-34)22-5-4-6-23(17-22)28(29,30)31/h4-14,17H,15-16H2,1-3H3,(H,33,35). The molecule has 0 aliphatic rings. The minimum absolute atomic E-state index is 0.0407. The smallest absolute Gasteiger partial charge is 0.421 e. The fourth-order valence-electron chi connectivity index (χ4n) is 4.14. The molecule has 0 aliphatic carbocycles. The number of halogens is 3. The molecule has 0 saturated heterocycles. The molecule has 11 heteroatoms. The zero-order valence-electron chi connectivity index (χ0n) is 21.4. The number of hydrogen-bond donors (Lipinski definition) is 1.